The minimum absolute atomic E-state index is 0.128. The molecule has 0 saturated carbocycles. The SMILES string of the molecule is Cc1cnc(-c2cnc3ccc(N4CCCC4c4cccc(F)c4)nn23)[nH]1. The molecule has 1 aromatic carbocycles. The highest BCUT2D eigenvalue weighted by atomic mass is 19.1. The highest BCUT2D eigenvalue weighted by molar-refractivity contribution is 5.58. The Bertz CT molecular complexity index is 1110. The molecule has 5 rings (SSSR count). The Hall–Kier alpha value is -3.22. The summed E-state index contributed by atoms with van der Waals surface area (Å²) in [4.78, 5) is 14.3. The molecule has 1 aliphatic heterocycles. The van der Waals surface area contributed by atoms with E-state index in [2.05, 4.69) is 19.9 Å². The largest absolute Gasteiger partial charge is 0.348 e. The van der Waals surface area contributed by atoms with Crippen LogP contribution in [0.4, 0.5) is 10.2 Å². The van der Waals surface area contributed by atoms with Gasteiger partial charge in [-0.1, -0.05) is 12.1 Å². The monoisotopic (exact) mass is 362 g/mol. The lowest BCUT2D eigenvalue weighted by molar-refractivity contribution is 0.617. The predicted molar refractivity (Wildman–Crippen MR) is 101 cm³/mol. The summed E-state index contributed by atoms with van der Waals surface area (Å²) < 4.78 is 15.5. The van der Waals surface area contributed by atoms with Gasteiger partial charge in [0.15, 0.2) is 11.5 Å². The second-order valence-electron chi connectivity index (χ2n) is 6.93. The number of halogens is 1. The maximum absolute atomic E-state index is 13.7. The zero-order valence-corrected chi connectivity index (χ0v) is 14.9. The van der Waals surface area contributed by atoms with Crippen molar-refractivity contribution in [1.82, 2.24) is 24.6 Å². The van der Waals surface area contributed by atoms with Gasteiger partial charge in [-0.3, -0.25) is 0 Å². The molecule has 4 heterocycles. The summed E-state index contributed by atoms with van der Waals surface area (Å²) in [5.74, 6) is 1.40. The average molecular weight is 362 g/mol. The number of imidazole rings is 2. The van der Waals surface area contributed by atoms with E-state index < -0.39 is 0 Å². The van der Waals surface area contributed by atoms with E-state index >= 15 is 0 Å². The Morgan fingerprint density at radius 2 is 2.07 bits per heavy atom. The van der Waals surface area contributed by atoms with Gasteiger partial charge in [0.25, 0.3) is 0 Å². The molecule has 4 aromatic rings. The lowest BCUT2D eigenvalue weighted by Gasteiger charge is -2.26. The maximum Gasteiger partial charge on any atom is 0.157 e. The first-order valence-electron chi connectivity index (χ1n) is 9.08. The highest BCUT2D eigenvalue weighted by Gasteiger charge is 2.28. The summed E-state index contributed by atoms with van der Waals surface area (Å²) in [5.41, 5.74) is 3.56. The van der Waals surface area contributed by atoms with Crippen LogP contribution in [0.1, 0.15) is 30.1 Å². The Labute approximate surface area is 155 Å². The van der Waals surface area contributed by atoms with E-state index in [0.717, 1.165) is 53.6 Å². The van der Waals surface area contributed by atoms with Gasteiger partial charge in [-0.15, -0.1) is 5.10 Å². The van der Waals surface area contributed by atoms with Gasteiger partial charge >= 0.3 is 0 Å². The number of nitrogens with one attached hydrogen (secondary N) is 1. The fraction of sp³-hybridized carbons (Fsp3) is 0.250. The lowest BCUT2D eigenvalue weighted by Crippen LogP contribution is -2.24. The second-order valence-corrected chi connectivity index (χ2v) is 6.93. The molecular weight excluding hydrogens is 343 g/mol. The third-order valence-corrected chi connectivity index (χ3v) is 5.07. The molecule has 3 aromatic heterocycles. The molecule has 0 bridgehead atoms. The van der Waals surface area contributed by atoms with Gasteiger partial charge in [0.05, 0.1) is 12.2 Å². The molecule has 6 nitrogen and oxygen atoms in total. The van der Waals surface area contributed by atoms with Crippen LogP contribution < -0.4 is 4.90 Å². The first-order chi connectivity index (χ1) is 13.2. The molecule has 136 valence electrons. The molecule has 27 heavy (non-hydrogen) atoms. The quantitative estimate of drug-likeness (QED) is 0.600. The smallest absolute Gasteiger partial charge is 0.157 e. The second kappa shape index (κ2) is 6.19. The van der Waals surface area contributed by atoms with Crippen LogP contribution in [-0.4, -0.2) is 31.1 Å². The van der Waals surface area contributed by atoms with Crippen molar-refractivity contribution in [2.45, 2.75) is 25.8 Å². The Kier molecular flexibility index (Phi) is 3.67. The minimum Gasteiger partial charge on any atom is -0.348 e. The molecule has 7 heteroatoms. The number of aryl methyl sites for hydroxylation is 1. The van der Waals surface area contributed by atoms with E-state index in [-0.39, 0.29) is 11.9 Å². The molecule has 0 spiro atoms. The third kappa shape index (κ3) is 2.75. The van der Waals surface area contributed by atoms with Crippen molar-refractivity contribution >= 4 is 11.5 Å². The van der Waals surface area contributed by atoms with Crippen molar-refractivity contribution in [1.29, 1.82) is 0 Å². The first kappa shape index (κ1) is 16.0. The average Bonchev–Trinajstić information content (AvgIpc) is 3.40. The Balaban J connectivity index is 1.56. The van der Waals surface area contributed by atoms with Crippen LogP contribution in [0.2, 0.25) is 0 Å². The molecule has 1 unspecified atom stereocenters. The van der Waals surface area contributed by atoms with E-state index in [0.29, 0.717) is 0 Å². The van der Waals surface area contributed by atoms with Gasteiger partial charge in [-0.05, 0) is 49.6 Å². The van der Waals surface area contributed by atoms with Crippen molar-refractivity contribution < 1.29 is 4.39 Å². The summed E-state index contributed by atoms with van der Waals surface area (Å²) in [6.07, 6.45) is 5.60. The molecule has 1 N–H and O–H groups in total. The number of nitrogens with zero attached hydrogens (tertiary/aromatic N) is 5. The van der Waals surface area contributed by atoms with Crippen molar-refractivity contribution in [3.8, 4) is 11.5 Å². The highest BCUT2D eigenvalue weighted by Crippen LogP contribution is 2.35. The van der Waals surface area contributed by atoms with E-state index in [1.165, 1.54) is 6.07 Å². The van der Waals surface area contributed by atoms with Gasteiger partial charge in [-0.2, -0.15) is 0 Å². The van der Waals surface area contributed by atoms with Gasteiger partial charge < -0.3 is 9.88 Å². The summed E-state index contributed by atoms with van der Waals surface area (Å²) >= 11 is 0. The van der Waals surface area contributed by atoms with E-state index in [9.17, 15) is 4.39 Å². The zero-order valence-electron chi connectivity index (χ0n) is 14.9. The zero-order chi connectivity index (χ0) is 18.4. The molecule has 0 aliphatic carbocycles. The van der Waals surface area contributed by atoms with Crippen LogP contribution in [0.15, 0.2) is 48.8 Å². The number of hydrogen-bond acceptors (Lipinski definition) is 4. The lowest BCUT2D eigenvalue weighted by atomic mass is 10.0. The van der Waals surface area contributed by atoms with Gasteiger partial charge in [0, 0.05) is 18.4 Å². The van der Waals surface area contributed by atoms with Crippen LogP contribution >= 0.6 is 0 Å². The number of H-pyrrole nitrogens is 1. The van der Waals surface area contributed by atoms with Gasteiger partial charge in [-0.25, -0.2) is 18.9 Å². The van der Waals surface area contributed by atoms with Gasteiger partial charge in [0.1, 0.15) is 17.3 Å². The molecule has 0 amide bonds. The number of benzene rings is 1. The van der Waals surface area contributed by atoms with E-state index in [4.69, 9.17) is 5.10 Å². The molecule has 1 atom stereocenters. The Morgan fingerprint density at radius 3 is 2.89 bits per heavy atom. The fourth-order valence-corrected chi connectivity index (χ4v) is 3.82. The summed E-state index contributed by atoms with van der Waals surface area (Å²) in [7, 11) is 0. The number of anilines is 1. The van der Waals surface area contributed by atoms with Gasteiger partial charge in [0.2, 0.25) is 0 Å². The summed E-state index contributed by atoms with van der Waals surface area (Å²) in [5, 5.41) is 4.83. The van der Waals surface area contributed by atoms with Crippen molar-refractivity contribution in [2.24, 2.45) is 0 Å². The van der Waals surface area contributed by atoms with Crippen molar-refractivity contribution in [3.63, 3.8) is 0 Å². The normalized spacial score (nSPS) is 17.1. The summed E-state index contributed by atoms with van der Waals surface area (Å²) in [6.45, 7) is 2.86. The number of aromatic amines is 1. The molecule has 1 saturated heterocycles. The van der Waals surface area contributed by atoms with E-state index in [1.54, 1.807) is 24.5 Å². The predicted octanol–water partition coefficient (Wildman–Crippen LogP) is 3.91. The minimum atomic E-state index is -0.201. The fourth-order valence-electron chi connectivity index (χ4n) is 3.82. The summed E-state index contributed by atoms with van der Waals surface area (Å²) in [6, 6.07) is 10.9. The Morgan fingerprint density at radius 1 is 1.15 bits per heavy atom. The third-order valence-electron chi connectivity index (χ3n) is 5.07. The standard InChI is InChI=1S/C20H19FN6/c1-13-11-23-20(24-13)17-12-22-18-7-8-19(25-27(17)18)26-9-3-6-16(26)14-4-2-5-15(21)10-14/h2,4-5,7-8,10-12,16H,3,6,9H2,1H3,(H,23,24). The number of hydrogen-bond donors (Lipinski definition) is 1. The van der Waals surface area contributed by atoms with Crippen molar-refractivity contribution in [2.75, 3.05) is 11.4 Å². The molecule has 0 radical (unpaired) electrons. The van der Waals surface area contributed by atoms with E-state index in [1.807, 2.05) is 29.6 Å². The van der Waals surface area contributed by atoms with Crippen LogP contribution in [0, 0.1) is 12.7 Å². The number of aromatic nitrogens is 5. The topological polar surface area (TPSA) is 62.1 Å². The first-order valence-corrected chi connectivity index (χ1v) is 9.08. The number of fused-ring (bicyclic) bond motifs is 1. The molecule has 1 fully saturated rings. The van der Waals surface area contributed by atoms with Crippen molar-refractivity contribution in [3.05, 3.63) is 65.9 Å². The van der Waals surface area contributed by atoms with Crippen LogP contribution in [0.25, 0.3) is 17.2 Å². The maximum atomic E-state index is 13.7. The van der Waals surface area contributed by atoms with Crippen LogP contribution in [0.3, 0.4) is 0 Å². The van der Waals surface area contributed by atoms with Crippen LogP contribution in [-0.2, 0) is 0 Å². The number of rotatable bonds is 3. The van der Waals surface area contributed by atoms with Crippen LogP contribution in [0.5, 0.6) is 0 Å². The molecule has 1 aliphatic rings. The molecular formula is C20H19FN6.